The third-order valence-electron chi connectivity index (χ3n) is 4.24. The number of nitrogens with one attached hydrogen (secondary N) is 1. The summed E-state index contributed by atoms with van der Waals surface area (Å²) in [6.45, 7) is -2.34. The average Bonchev–Trinajstić information content (AvgIpc) is 3.00. The van der Waals surface area contributed by atoms with Gasteiger partial charge in [0.05, 0.1) is 35.6 Å². The van der Waals surface area contributed by atoms with Gasteiger partial charge >= 0.3 is 11.9 Å². The smallest absolute Gasteiger partial charge is 0.337 e. The first kappa shape index (κ1) is 17.1. The van der Waals surface area contributed by atoms with Crippen LogP contribution < -0.4 is 5.32 Å². The molecule has 1 aromatic rings. The summed E-state index contributed by atoms with van der Waals surface area (Å²) in [5.41, 5.74) is -0.282. The van der Waals surface area contributed by atoms with E-state index in [9.17, 15) is 22.8 Å². The van der Waals surface area contributed by atoms with Crippen molar-refractivity contribution in [1.82, 2.24) is 5.32 Å². The number of methoxy groups -OCH3 is 1. The Hall–Kier alpha value is -2.77. The summed E-state index contributed by atoms with van der Waals surface area (Å²) >= 11 is 0. The Kier molecular flexibility index (Phi) is 4.52. The predicted octanol–water partition coefficient (Wildman–Crippen LogP) is 2.19. The van der Waals surface area contributed by atoms with Crippen molar-refractivity contribution in [3.63, 3.8) is 0 Å². The van der Waals surface area contributed by atoms with Crippen LogP contribution in [-0.4, -0.2) is 32.3 Å². The molecule has 3 rings (SSSR count). The van der Waals surface area contributed by atoms with Crippen LogP contribution in [0.4, 0.5) is 13.2 Å². The van der Waals surface area contributed by atoms with E-state index in [2.05, 4.69) is 5.32 Å². The highest BCUT2D eigenvalue weighted by Crippen LogP contribution is 2.43. The molecular weight excluding hydrogens is 339 g/mol. The van der Waals surface area contributed by atoms with Crippen molar-refractivity contribution >= 4 is 11.9 Å². The van der Waals surface area contributed by atoms with Gasteiger partial charge in [-0.05, 0) is 11.6 Å². The molecule has 132 valence electrons. The van der Waals surface area contributed by atoms with Crippen LogP contribution in [0.2, 0.25) is 0 Å². The summed E-state index contributed by atoms with van der Waals surface area (Å²) < 4.78 is 50.6. The van der Waals surface area contributed by atoms with E-state index in [4.69, 9.17) is 9.47 Å². The van der Waals surface area contributed by atoms with Gasteiger partial charge in [-0.1, -0.05) is 12.1 Å². The number of dihydropyridines is 1. The van der Waals surface area contributed by atoms with Crippen LogP contribution in [0.1, 0.15) is 17.0 Å². The highest BCUT2D eigenvalue weighted by molar-refractivity contribution is 6.01. The lowest BCUT2D eigenvalue weighted by atomic mass is 9.79. The van der Waals surface area contributed by atoms with E-state index < -0.39 is 37.0 Å². The Labute approximate surface area is 141 Å². The van der Waals surface area contributed by atoms with Gasteiger partial charge in [-0.25, -0.2) is 22.8 Å². The van der Waals surface area contributed by atoms with E-state index in [0.717, 1.165) is 13.2 Å². The quantitative estimate of drug-likeness (QED) is 0.841. The van der Waals surface area contributed by atoms with E-state index in [1.54, 1.807) is 0 Å². The summed E-state index contributed by atoms with van der Waals surface area (Å²) in [5.74, 6) is -3.63. The summed E-state index contributed by atoms with van der Waals surface area (Å²) in [6, 6.07) is 3.79. The number of hydrogen-bond donors (Lipinski definition) is 1. The Balaban J connectivity index is 2.28. The lowest BCUT2D eigenvalue weighted by molar-refractivity contribution is -0.136. The molecule has 0 saturated heterocycles. The first-order valence-corrected chi connectivity index (χ1v) is 7.41. The standard InChI is InChI=1S/C17H14F3NO4/c1-24-16(22)14-11(6-19)21-12-7-25-17(23)15(12)13(14)8-3-2-4-10(20)9(8)5-18/h2-4,13,21H,5-7H2,1H3/t13-/m0/s1. The zero-order chi connectivity index (χ0) is 18.1. The summed E-state index contributed by atoms with van der Waals surface area (Å²) in [7, 11) is 1.10. The molecule has 0 fully saturated rings. The summed E-state index contributed by atoms with van der Waals surface area (Å²) in [6.07, 6.45) is 0. The second-order valence-corrected chi connectivity index (χ2v) is 5.49. The topological polar surface area (TPSA) is 64.6 Å². The van der Waals surface area contributed by atoms with Crippen LogP contribution in [-0.2, 0) is 25.7 Å². The number of esters is 2. The second kappa shape index (κ2) is 6.62. The number of carbonyl (C=O) groups is 2. The number of carbonyl (C=O) groups excluding carboxylic acids is 2. The first-order chi connectivity index (χ1) is 12.0. The van der Waals surface area contributed by atoms with Crippen LogP contribution in [0.15, 0.2) is 40.7 Å². The number of rotatable bonds is 4. The van der Waals surface area contributed by atoms with Gasteiger partial charge in [-0.2, -0.15) is 0 Å². The van der Waals surface area contributed by atoms with Gasteiger partial charge in [-0.15, -0.1) is 0 Å². The molecule has 5 nitrogen and oxygen atoms in total. The molecule has 1 aromatic carbocycles. The van der Waals surface area contributed by atoms with Gasteiger partial charge in [0, 0.05) is 5.56 Å². The predicted molar refractivity (Wildman–Crippen MR) is 80.1 cm³/mol. The van der Waals surface area contributed by atoms with Gasteiger partial charge in [-0.3, -0.25) is 0 Å². The molecule has 0 unspecified atom stereocenters. The molecule has 0 aliphatic carbocycles. The van der Waals surface area contributed by atoms with E-state index >= 15 is 0 Å². The lowest BCUT2D eigenvalue weighted by Gasteiger charge is -2.28. The molecule has 0 amide bonds. The van der Waals surface area contributed by atoms with Gasteiger partial charge in [0.25, 0.3) is 0 Å². The maximum atomic E-state index is 14.0. The Morgan fingerprint density at radius 3 is 2.76 bits per heavy atom. The van der Waals surface area contributed by atoms with Crippen molar-refractivity contribution in [3.8, 4) is 0 Å². The van der Waals surface area contributed by atoms with Crippen LogP contribution in [0.5, 0.6) is 0 Å². The highest BCUT2D eigenvalue weighted by atomic mass is 19.1. The van der Waals surface area contributed by atoms with Crippen LogP contribution in [0.25, 0.3) is 0 Å². The molecule has 2 aliphatic rings. The van der Waals surface area contributed by atoms with Crippen molar-refractivity contribution in [3.05, 3.63) is 57.7 Å². The van der Waals surface area contributed by atoms with Crippen molar-refractivity contribution in [2.45, 2.75) is 12.6 Å². The lowest BCUT2D eigenvalue weighted by Crippen LogP contribution is -2.32. The second-order valence-electron chi connectivity index (χ2n) is 5.49. The molecule has 0 bridgehead atoms. The highest BCUT2D eigenvalue weighted by Gasteiger charge is 2.43. The number of allylic oxidation sites excluding steroid dienone is 1. The summed E-state index contributed by atoms with van der Waals surface area (Å²) in [5, 5.41) is 2.66. The molecule has 2 aliphatic heterocycles. The molecule has 0 spiro atoms. The number of halogens is 3. The third kappa shape index (κ3) is 2.67. The van der Waals surface area contributed by atoms with E-state index in [0.29, 0.717) is 0 Å². The van der Waals surface area contributed by atoms with E-state index in [1.807, 2.05) is 0 Å². The minimum Gasteiger partial charge on any atom is -0.466 e. The van der Waals surface area contributed by atoms with E-state index in [-0.39, 0.29) is 40.3 Å². The van der Waals surface area contributed by atoms with Crippen molar-refractivity contribution in [1.29, 1.82) is 0 Å². The van der Waals surface area contributed by atoms with Crippen LogP contribution >= 0.6 is 0 Å². The number of cyclic esters (lactones) is 1. The molecule has 2 heterocycles. The van der Waals surface area contributed by atoms with Crippen LogP contribution in [0.3, 0.4) is 0 Å². The molecule has 0 aromatic heterocycles. The maximum Gasteiger partial charge on any atom is 0.337 e. The van der Waals surface area contributed by atoms with Gasteiger partial charge in [0.15, 0.2) is 0 Å². The first-order valence-electron chi connectivity index (χ1n) is 7.41. The Morgan fingerprint density at radius 1 is 1.36 bits per heavy atom. The van der Waals surface area contributed by atoms with Crippen molar-refractivity contribution < 1.29 is 32.2 Å². The number of ether oxygens (including phenoxy) is 2. The average molecular weight is 353 g/mol. The maximum absolute atomic E-state index is 14.0. The zero-order valence-electron chi connectivity index (χ0n) is 13.2. The fourth-order valence-corrected chi connectivity index (χ4v) is 3.13. The van der Waals surface area contributed by atoms with Crippen molar-refractivity contribution in [2.24, 2.45) is 0 Å². The normalized spacial score (nSPS) is 19.5. The number of alkyl halides is 2. The largest absolute Gasteiger partial charge is 0.466 e. The molecule has 25 heavy (non-hydrogen) atoms. The fraction of sp³-hybridized carbons (Fsp3) is 0.294. The fourth-order valence-electron chi connectivity index (χ4n) is 3.13. The number of benzene rings is 1. The summed E-state index contributed by atoms with van der Waals surface area (Å²) in [4.78, 5) is 24.4. The van der Waals surface area contributed by atoms with E-state index in [1.165, 1.54) is 12.1 Å². The molecule has 8 heteroatoms. The SMILES string of the molecule is COC(=O)C1=C(CF)NC2=C(C(=O)OC2)[C@H]1c1cccc(F)c1CF. The minimum atomic E-state index is -1.18. The van der Waals surface area contributed by atoms with Crippen molar-refractivity contribution in [2.75, 3.05) is 20.4 Å². The number of hydrogen-bond acceptors (Lipinski definition) is 5. The van der Waals surface area contributed by atoms with Gasteiger partial charge < -0.3 is 14.8 Å². The van der Waals surface area contributed by atoms with Gasteiger partial charge in [0.1, 0.15) is 25.8 Å². The Bertz CT molecular complexity index is 816. The van der Waals surface area contributed by atoms with Gasteiger partial charge in [0.2, 0.25) is 0 Å². The minimum absolute atomic E-state index is 0.0258. The molecule has 1 N–H and O–H groups in total. The third-order valence-corrected chi connectivity index (χ3v) is 4.24. The van der Waals surface area contributed by atoms with Crippen LogP contribution in [0, 0.1) is 5.82 Å². The zero-order valence-corrected chi connectivity index (χ0v) is 13.2. The molecule has 0 saturated carbocycles. The molecule has 1 atom stereocenters. The molecule has 0 radical (unpaired) electrons. The monoisotopic (exact) mass is 353 g/mol. The molecular formula is C17H14F3NO4. The Morgan fingerprint density at radius 2 is 2.12 bits per heavy atom.